The van der Waals surface area contributed by atoms with Crippen molar-refractivity contribution in [3.05, 3.63) is 102 Å². The Bertz CT molecular complexity index is 1010. The van der Waals surface area contributed by atoms with Crippen LogP contribution in [0.4, 0.5) is 0 Å². The van der Waals surface area contributed by atoms with E-state index in [2.05, 4.69) is 23.1 Å². The lowest BCUT2D eigenvalue weighted by atomic mass is 10.1. The fourth-order valence-corrected chi connectivity index (χ4v) is 3.20. The molecule has 0 bridgehead atoms. The van der Waals surface area contributed by atoms with Gasteiger partial charge in [-0.1, -0.05) is 97.1 Å². The molecule has 3 aromatic rings. The number of hydrogen-bond donors (Lipinski definition) is 0. The predicted molar refractivity (Wildman–Crippen MR) is 117 cm³/mol. The molecule has 0 aliphatic carbocycles. The molecule has 0 atom stereocenters. The normalized spacial score (nSPS) is 11.1. The van der Waals surface area contributed by atoms with Gasteiger partial charge in [0.1, 0.15) is 22.7 Å². The molecule has 0 unspecified atom stereocenters. The quantitative estimate of drug-likeness (QED) is 0.318. The van der Waals surface area contributed by atoms with Crippen molar-refractivity contribution in [2.24, 2.45) is 0 Å². The fourth-order valence-electron chi connectivity index (χ4n) is 2.60. The molecule has 0 fully saturated rings. The first-order chi connectivity index (χ1) is 13.6. The maximum atomic E-state index is 6.42. The topological polar surface area (TPSA) is 35.0 Å². The van der Waals surface area contributed by atoms with Crippen LogP contribution in [0.3, 0.4) is 0 Å². The van der Waals surface area contributed by atoms with Crippen molar-refractivity contribution in [1.82, 2.24) is 9.97 Å². The van der Waals surface area contributed by atoms with Crippen LogP contribution in [0.5, 0.6) is 5.75 Å². The molecular weight excluding hydrogens is 391 g/mol. The lowest BCUT2D eigenvalue weighted by Gasteiger charge is -2.10. The summed E-state index contributed by atoms with van der Waals surface area (Å²) in [5, 5.41) is 0.603. The van der Waals surface area contributed by atoms with Gasteiger partial charge in [-0.05, 0) is 23.3 Å². The molecule has 0 saturated heterocycles. The number of ether oxygens (including phenoxy) is 1. The first-order valence-corrected chi connectivity index (χ1v) is 9.33. The summed E-state index contributed by atoms with van der Waals surface area (Å²) < 4.78 is 5.82. The fraction of sp³-hybridized carbons (Fsp3) is 0.0435. The van der Waals surface area contributed by atoms with Gasteiger partial charge in [0.2, 0.25) is 0 Å². The average molecular weight is 409 g/mol. The molecule has 2 aromatic carbocycles. The van der Waals surface area contributed by atoms with Gasteiger partial charge in [0.05, 0.1) is 5.56 Å². The minimum absolute atomic E-state index is 0.301. The number of rotatable bonds is 7. The van der Waals surface area contributed by atoms with E-state index >= 15 is 0 Å². The number of nitrogens with zero attached hydrogens (tertiary/aromatic N) is 2. The Morgan fingerprint density at radius 2 is 1.61 bits per heavy atom. The number of benzene rings is 2. The molecule has 0 radical (unpaired) electrons. The van der Waals surface area contributed by atoms with Crippen LogP contribution in [-0.2, 0) is 0 Å². The molecule has 3 rings (SSSR count). The zero-order valence-electron chi connectivity index (χ0n) is 15.1. The van der Waals surface area contributed by atoms with Gasteiger partial charge >= 0.3 is 0 Å². The Morgan fingerprint density at radius 3 is 2.25 bits per heavy atom. The van der Waals surface area contributed by atoms with E-state index in [0.717, 1.165) is 16.7 Å². The van der Waals surface area contributed by atoms with Crippen molar-refractivity contribution in [3.63, 3.8) is 0 Å². The predicted octanol–water partition coefficient (Wildman–Crippen LogP) is 6.79. The molecule has 0 N–H and O–H groups in total. The second-order valence-electron chi connectivity index (χ2n) is 5.87. The van der Waals surface area contributed by atoms with E-state index in [9.17, 15) is 0 Å². The monoisotopic (exact) mass is 408 g/mol. The molecular formula is C23H18Cl2N2O. The standard InChI is InChI=1S/C23H18Cl2N2O/c1-3-9-16(4-2)15-28-19-13-8-12-18(14-19)23-26-21(24)20(22(25)27-23)17-10-6-5-7-11-17/h3-14H,1-2,15H2/b16-9+. The molecule has 140 valence electrons. The number of allylic oxidation sites excluding steroid dienone is 2. The van der Waals surface area contributed by atoms with Crippen LogP contribution in [0.15, 0.2) is 91.6 Å². The lowest BCUT2D eigenvalue weighted by molar-refractivity contribution is 0.356. The largest absolute Gasteiger partial charge is 0.489 e. The molecule has 0 saturated carbocycles. The van der Waals surface area contributed by atoms with Gasteiger partial charge in [0.25, 0.3) is 0 Å². The third-order valence-electron chi connectivity index (χ3n) is 3.98. The van der Waals surface area contributed by atoms with Gasteiger partial charge in [-0.2, -0.15) is 0 Å². The summed E-state index contributed by atoms with van der Waals surface area (Å²) in [4.78, 5) is 8.87. The van der Waals surface area contributed by atoms with Crippen LogP contribution in [0.25, 0.3) is 22.5 Å². The minimum Gasteiger partial charge on any atom is -0.489 e. The maximum Gasteiger partial charge on any atom is 0.162 e. The summed E-state index contributed by atoms with van der Waals surface area (Å²) in [6.07, 6.45) is 5.28. The van der Waals surface area contributed by atoms with Crippen LogP contribution in [0.1, 0.15) is 0 Å². The first kappa shape index (κ1) is 19.9. The molecule has 0 aliphatic heterocycles. The van der Waals surface area contributed by atoms with Crippen LogP contribution < -0.4 is 4.74 Å². The summed E-state index contributed by atoms with van der Waals surface area (Å²) in [6, 6.07) is 17.0. The van der Waals surface area contributed by atoms with Gasteiger partial charge in [0, 0.05) is 5.56 Å². The Balaban J connectivity index is 1.89. The third-order valence-corrected chi connectivity index (χ3v) is 4.52. The second kappa shape index (κ2) is 9.36. The van der Waals surface area contributed by atoms with Crippen LogP contribution in [-0.4, -0.2) is 16.6 Å². The molecule has 28 heavy (non-hydrogen) atoms. The zero-order chi connectivity index (χ0) is 19.9. The molecule has 0 aliphatic rings. The highest BCUT2D eigenvalue weighted by atomic mass is 35.5. The van der Waals surface area contributed by atoms with E-state index in [1.165, 1.54) is 0 Å². The maximum absolute atomic E-state index is 6.42. The summed E-state index contributed by atoms with van der Waals surface area (Å²) >= 11 is 12.8. The van der Waals surface area contributed by atoms with Crippen LogP contribution >= 0.6 is 23.2 Å². The summed E-state index contributed by atoms with van der Waals surface area (Å²) in [5.41, 5.74) is 3.17. The molecule has 1 aromatic heterocycles. The molecule has 5 heteroatoms. The summed E-state index contributed by atoms with van der Waals surface area (Å²) in [5.74, 6) is 1.11. The molecule has 0 spiro atoms. The highest BCUT2D eigenvalue weighted by molar-refractivity contribution is 6.37. The van der Waals surface area contributed by atoms with Crippen molar-refractivity contribution in [1.29, 1.82) is 0 Å². The number of aromatic nitrogens is 2. The van der Waals surface area contributed by atoms with Crippen molar-refractivity contribution in [3.8, 4) is 28.3 Å². The van der Waals surface area contributed by atoms with E-state index in [-0.39, 0.29) is 0 Å². The molecule has 1 heterocycles. The van der Waals surface area contributed by atoms with Crippen LogP contribution in [0, 0.1) is 0 Å². The second-order valence-corrected chi connectivity index (χ2v) is 6.58. The average Bonchev–Trinajstić information content (AvgIpc) is 2.71. The Kier molecular flexibility index (Phi) is 6.64. The summed E-state index contributed by atoms with van der Waals surface area (Å²) in [7, 11) is 0. The van der Waals surface area contributed by atoms with Gasteiger partial charge < -0.3 is 4.74 Å². The van der Waals surface area contributed by atoms with E-state index in [1.54, 1.807) is 12.2 Å². The number of hydrogen-bond acceptors (Lipinski definition) is 3. The van der Waals surface area contributed by atoms with Crippen molar-refractivity contribution in [2.45, 2.75) is 0 Å². The van der Waals surface area contributed by atoms with Gasteiger partial charge in [-0.15, -0.1) is 0 Å². The van der Waals surface area contributed by atoms with Crippen molar-refractivity contribution < 1.29 is 4.74 Å². The van der Waals surface area contributed by atoms with E-state index in [1.807, 2.05) is 60.7 Å². The Morgan fingerprint density at radius 1 is 0.929 bits per heavy atom. The summed E-state index contributed by atoms with van der Waals surface area (Å²) in [6.45, 7) is 7.83. The Hall–Kier alpha value is -2.88. The van der Waals surface area contributed by atoms with Crippen molar-refractivity contribution >= 4 is 23.2 Å². The molecule has 3 nitrogen and oxygen atoms in total. The van der Waals surface area contributed by atoms with Gasteiger partial charge in [0.15, 0.2) is 5.82 Å². The van der Waals surface area contributed by atoms with Crippen LogP contribution in [0.2, 0.25) is 10.3 Å². The van der Waals surface area contributed by atoms with Gasteiger partial charge in [-0.25, -0.2) is 9.97 Å². The highest BCUT2D eigenvalue weighted by Gasteiger charge is 2.15. The Labute approximate surface area is 174 Å². The lowest BCUT2D eigenvalue weighted by Crippen LogP contribution is -2.00. The minimum atomic E-state index is 0.301. The smallest absolute Gasteiger partial charge is 0.162 e. The number of halogens is 2. The zero-order valence-corrected chi connectivity index (χ0v) is 16.6. The highest BCUT2D eigenvalue weighted by Crippen LogP contribution is 2.34. The van der Waals surface area contributed by atoms with E-state index in [4.69, 9.17) is 27.9 Å². The SMILES string of the molecule is C=C/C=C(\C=C)COc1cccc(-c2nc(Cl)c(-c3ccccc3)c(Cl)n2)c1. The van der Waals surface area contributed by atoms with E-state index in [0.29, 0.717) is 34.1 Å². The first-order valence-electron chi connectivity index (χ1n) is 8.58. The van der Waals surface area contributed by atoms with Gasteiger partial charge in [-0.3, -0.25) is 0 Å². The molecule has 0 amide bonds. The van der Waals surface area contributed by atoms with Crippen molar-refractivity contribution in [2.75, 3.05) is 6.61 Å². The van der Waals surface area contributed by atoms with E-state index < -0.39 is 0 Å². The third kappa shape index (κ3) is 4.69.